The van der Waals surface area contributed by atoms with Gasteiger partial charge < -0.3 is 21.1 Å². The molecule has 0 saturated heterocycles. The molecule has 0 spiro atoms. The first-order chi connectivity index (χ1) is 13.2. The molecule has 2 aromatic carbocycles. The summed E-state index contributed by atoms with van der Waals surface area (Å²) in [6.45, 7) is 2.92. The van der Waals surface area contributed by atoms with Gasteiger partial charge in [-0.3, -0.25) is 9.69 Å². The summed E-state index contributed by atoms with van der Waals surface area (Å²) in [5.74, 6) is 1.04. The number of phenols is 2. The van der Waals surface area contributed by atoms with Crippen molar-refractivity contribution < 1.29 is 20.1 Å². The molecule has 0 bridgehead atoms. The van der Waals surface area contributed by atoms with Crippen LogP contribution in [0.15, 0.2) is 48.5 Å². The van der Waals surface area contributed by atoms with E-state index in [2.05, 4.69) is 49.1 Å². The molecule has 5 N–H and O–H groups in total. The predicted octanol–water partition coefficient (Wildman–Crippen LogP) is 2.23. The predicted molar refractivity (Wildman–Crippen MR) is 110 cm³/mol. The van der Waals surface area contributed by atoms with Crippen LogP contribution in [0.2, 0.25) is 0 Å². The first-order valence-corrected chi connectivity index (χ1v) is 8.91. The molecule has 0 heterocycles. The normalized spacial score (nSPS) is 12.4. The van der Waals surface area contributed by atoms with E-state index in [1.165, 1.54) is 23.8 Å². The minimum absolute atomic E-state index is 0.114. The van der Waals surface area contributed by atoms with Crippen LogP contribution >= 0.6 is 0 Å². The summed E-state index contributed by atoms with van der Waals surface area (Å²) in [6.07, 6.45) is 6.44. The van der Waals surface area contributed by atoms with Crippen LogP contribution in [0.5, 0.6) is 11.5 Å². The number of terminal acetylenes is 1. The standard InChI is InChI=1S/C13H17N.C9H11NO4/c1-4-10-14(3)12(2)11-13-8-6-5-7-9-13;10-6(9(13)14)3-5-1-2-7(11)8(12)4-5/h1,5-9,12H,10-11H2,2-3H3;1-2,4,6,11-12H,3,10H2,(H,13,14)/t;6-/m.0/s1. The van der Waals surface area contributed by atoms with Crippen LogP contribution in [0, 0.1) is 12.3 Å². The molecular weight excluding hydrogens is 356 g/mol. The molecule has 6 nitrogen and oxygen atoms in total. The third-order valence-corrected chi connectivity index (χ3v) is 4.28. The molecule has 0 aliphatic rings. The number of rotatable bonds is 7. The summed E-state index contributed by atoms with van der Waals surface area (Å²) in [5, 5.41) is 26.6. The van der Waals surface area contributed by atoms with Gasteiger partial charge in [0.2, 0.25) is 0 Å². The molecule has 2 rings (SSSR count). The number of aliphatic carboxylic acids is 1. The van der Waals surface area contributed by atoms with E-state index >= 15 is 0 Å². The summed E-state index contributed by atoms with van der Waals surface area (Å²) in [7, 11) is 2.06. The molecule has 0 aliphatic heterocycles. The third-order valence-electron chi connectivity index (χ3n) is 4.28. The number of nitrogens with two attached hydrogens (primary N) is 1. The van der Waals surface area contributed by atoms with Gasteiger partial charge in [0.05, 0.1) is 6.54 Å². The van der Waals surface area contributed by atoms with E-state index in [1.807, 2.05) is 6.07 Å². The largest absolute Gasteiger partial charge is 0.504 e. The van der Waals surface area contributed by atoms with Gasteiger partial charge in [-0.2, -0.15) is 0 Å². The topological polar surface area (TPSA) is 107 Å². The number of carboxylic acid groups (broad SMARTS) is 1. The highest BCUT2D eigenvalue weighted by Crippen LogP contribution is 2.25. The van der Waals surface area contributed by atoms with Gasteiger partial charge in [-0.1, -0.05) is 42.3 Å². The maximum atomic E-state index is 10.4. The SMILES string of the molecule is C#CCN(C)C(C)Cc1ccccc1.N[C@@H](Cc1ccc(O)c(O)c1)C(=O)O. The highest BCUT2D eigenvalue weighted by Gasteiger charge is 2.12. The van der Waals surface area contributed by atoms with Crippen molar-refractivity contribution >= 4 is 5.97 Å². The van der Waals surface area contributed by atoms with Gasteiger partial charge >= 0.3 is 5.97 Å². The summed E-state index contributed by atoms with van der Waals surface area (Å²) in [6, 6.07) is 14.1. The number of benzene rings is 2. The Morgan fingerprint density at radius 3 is 2.29 bits per heavy atom. The molecule has 0 radical (unpaired) electrons. The van der Waals surface area contributed by atoms with Crippen molar-refractivity contribution in [3.8, 4) is 23.8 Å². The maximum absolute atomic E-state index is 10.4. The Morgan fingerprint density at radius 2 is 1.75 bits per heavy atom. The Kier molecular flexibility index (Phi) is 9.58. The van der Waals surface area contributed by atoms with Crippen LogP contribution in [-0.2, 0) is 17.6 Å². The van der Waals surface area contributed by atoms with Crippen LogP contribution in [0.1, 0.15) is 18.1 Å². The van der Waals surface area contributed by atoms with E-state index in [0.29, 0.717) is 18.2 Å². The summed E-state index contributed by atoms with van der Waals surface area (Å²) in [5.41, 5.74) is 7.22. The van der Waals surface area contributed by atoms with E-state index in [-0.39, 0.29) is 17.9 Å². The van der Waals surface area contributed by atoms with Crippen molar-refractivity contribution in [2.45, 2.75) is 31.8 Å². The fourth-order valence-corrected chi connectivity index (χ4v) is 2.45. The van der Waals surface area contributed by atoms with E-state index < -0.39 is 12.0 Å². The molecule has 2 aromatic rings. The molecular formula is C22H28N2O4. The zero-order chi connectivity index (χ0) is 21.1. The summed E-state index contributed by atoms with van der Waals surface area (Å²) >= 11 is 0. The van der Waals surface area contributed by atoms with Gasteiger partial charge in [0, 0.05) is 6.04 Å². The maximum Gasteiger partial charge on any atom is 0.320 e. The first-order valence-electron chi connectivity index (χ1n) is 8.91. The minimum Gasteiger partial charge on any atom is -0.504 e. The Balaban J connectivity index is 0.000000280. The molecule has 0 amide bonds. The molecule has 0 aliphatic carbocycles. The van der Waals surface area contributed by atoms with Gasteiger partial charge in [0.25, 0.3) is 0 Å². The smallest absolute Gasteiger partial charge is 0.320 e. The number of likely N-dealkylation sites (N-methyl/N-ethyl adjacent to an activating group) is 1. The quantitative estimate of drug-likeness (QED) is 0.431. The molecule has 0 fully saturated rings. The summed E-state index contributed by atoms with van der Waals surface area (Å²) in [4.78, 5) is 12.6. The molecule has 28 heavy (non-hydrogen) atoms. The lowest BCUT2D eigenvalue weighted by Crippen LogP contribution is -2.32. The highest BCUT2D eigenvalue weighted by atomic mass is 16.4. The second-order valence-corrected chi connectivity index (χ2v) is 6.63. The number of nitrogens with zero attached hydrogens (tertiary/aromatic N) is 1. The van der Waals surface area contributed by atoms with Crippen LogP contribution in [0.4, 0.5) is 0 Å². The van der Waals surface area contributed by atoms with E-state index in [0.717, 1.165) is 6.42 Å². The van der Waals surface area contributed by atoms with E-state index in [1.54, 1.807) is 0 Å². The Labute approximate surface area is 166 Å². The number of phenolic OH excluding ortho intramolecular Hbond substituents is 2. The lowest BCUT2D eigenvalue weighted by molar-refractivity contribution is -0.138. The number of hydrogen-bond acceptors (Lipinski definition) is 5. The van der Waals surface area contributed by atoms with Crippen molar-refractivity contribution in [1.82, 2.24) is 4.90 Å². The zero-order valence-electron chi connectivity index (χ0n) is 16.2. The van der Waals surface area contributed by atoms with Crippen LogP contribution in [-0.4, -0.2) is 51.9 Å². The first kappa shape index (κ1) is 23.0. The number of carboxylic acids is 1. The average Bonchev–Trinajstić information content (AvgIpc) is 2.66. The molecule has 1 unspecified atom stereocenters. The molecule has 2 atom stereocenters. The lowest BCUT2D eigenvalue weighted by Gasteiger charge is -2.22. The molecule has 0 aromatic heterocycles. The van der Waals surface area contributed by atoms with Crippen molar-refractivity contribution in [2.24, 2.45) is 5.73 Å². The van der Waals surface area contributed by atoms with Crippen LogP contribution < -0.4 is 5.73 Å². The van der Waals surface area contributed by atoms with Gasteiger partial charge in [-0.05, 0) is 50.1 Å². The van der Waals surface area contributed by atoms with E-state index in [4.69, 9.17) is 27.5 Å². The van der Waals surface area contributed by atoms with Gasteiger partial charge in [0.1, 0.15) is 6.04 Å². The van der Waals surface area contributed by atoms with Crippen molar-refractivity contribution in [3.63, 3.8) is 0 Å². The zero-order valence-corrected chi connectivity index (χ0v) is 16.2. The average molecular weight is 384 g/mol. The highest BCUT2D eigenvalue weighted by molar-refractivity contribution is 5.73. The number of aromatic hydroxyl groups is 2. The Hall–Kier alpha value is -3.01. The minimum atomic E-state index is -1.10. The van der Waals surface area contributed by atoms with Gasteiger partial charge in [-0.25, -0.2) is 0 Å². The Bertz CT molecular complexity index is 787. The molecule has 150 valence electrons. The second kappa shape index (κ2) is 11.7. The fourth-order valence-electron chi connectivity index (χ4n) is 2.45. The van der Waals surface area contributed by atoms with Crippen molar-refractivity contribution in [1.29, 1.82) is 0 Å². The number of hydrogen-bond donors (Lipinski definition) is 4. The van der Waals surface area contributed by atoms with Gasteiger partial charge in [-0.15, -0.1) is 6.42 Å². The third kappa shape index (κ3) is 8.12. The van der Waals surface area contributed by atoms with Crippen LogP contribution in [0.25, 0.3) is 0 Å². The van der Waals surface area contributed by atoms with Gasteiger partial charge in [0.15, 0.2) is 11.5 Å². The second-order valence-electron chi connectivity index (χ2n) is 6.63. The lowest BCUT2D eigenvalue weighted by atomic mass is 10.1. The van der Waals surface area contributed by atoms with Crippen molar-refractivity contribution in [3.05, 3.63) is 59.7 Å². The van der Waals surface area contributed by atoms with E-state index in [9.17, 15) is 4.79 Å². The van der Waals surface area contributed by atoms with Crippen molar-refractivity contribution in [2.75, 3.05) is 13.6 Å². The molecule has 0 saturated carbocycles. The monoisotopic (exact) mass is 384 g/mol. The summed E-state index contributed by atoms with van der Waals surface area (Å²) < 4.78 is 0. The Morgan fingerprint density at radius 1 is 1.11 bits per heavy atom. The molecule has 6 heteroatoms. The number of carbonyl (C=O) groups is 1. The van der Waals surface area contributed by atoms with Crippen LogP contribution in [0.3, 0.4) is 0 Å². The fraction of sp³-hybridized carbons (Fsp3) is 0.318.